The molecular weight excluding hydrogens is 395 g/mol. The van der Waals surface area contributed by atoms with Crippen LogP contribution in [-0.4, -0.2) is 25.5 Å². The Morgan fingerprint density at radius 3 is 2.27 bits per heavy atom. The lowest BCUT2D eigenvalue weighted by Crippen LogP contribution is -2.17. The van der Waals surface area contributed by atoms with Crippen molar-refractivity contribution >= 4 is 45.8 Å². The van der Waals surface area contributed by atoms with Crippen LogP contribution in [0.3, 0.4) is 0 Å². The molecule has 0 heterocycles. The number of ether oxygens (including phenoxy) is 1. The number of hydrogen-bond acceptors (Lipinski definition) is 3. The summed E-state index contributed by atoms with van der Waals surface area (Å²) in [6.45, 7) is 0.00509. The number of carbonyl (C=O) groups excluding carboxylic acids is 2. The van der Waals surface area contributed by atoms with Gasteiger partial charge in [0.05, 0.1) is 0 Å². The van der Waals surface area contributed by atoms with E-state index in [1.165, 1.54) is 7.11 Å². The van der Waals surface area contributed by atoms with Crippen LogP contribution in [0.2, 0.25) is 0 Å². The predicted octanol–water partition coefficient (Wildman–Crippen LogP) is 3.13. The monoisotopic (exact) mass is 410 g/mol. The lowest BCUT2D eigenvalue weighted by atomic mass is 10.2. The number of carbonyl (C=O) groups is 2. The molecule has 0 aromatic heterocycles. The number of amides is 2. The van der Waals surface area contributed by atoms with Gasteiger partial charge in [-0.05, 0) is 65.1 Å². The summed E-state index contributed by atoms with van der Waals surface area (Å²) in [5, 5.41) is 5.50. The summed E-state index contributed by atoms with van der Waals surface area (Å²) in [6, 6.07) is 14.2. The first-order valence-corrected chi connectivity index (χ1v) is 7.62. The molecule has 114 valence electrons. The number of halogens is 1. The molecule has 6 heteroatoms. The van der Waals surface area contributed by atoms with Gasteiger partial charge in [0.15, 0.2) is 0 Å². The summed E-state index contributed by atoms with van der Waals surface area (Å²) < 4.78 is 5.74. The molecule has 2 N–H and O–H groups in total. The first-order chi connectivity index (χ1) is 10.6. The van der Waals surface area contributed by atoms with Crippen molar-refractivity contribution in [3.05, 3.63) is 57.7 Å². The third kappa shape index (κ3) is 4.81. The molecule has 2 amide bonds. The average Bonchev–Trinajstić information content (AvgIpc) is 2.49. The Balaban J connectivity index is 1.99. The summed E-state index contributed by atoms with van der Waals surface area (Å²) in [5.41, 5.74) is 1.91. The van der Waals surface area contributed by atoms with Crippen molar-refractivity contribution in [2.24, 2.45) is 0 Å². The molecule has 0 saturated heterocycles. The predicted molar refractivity (Wildman–Crippen MR) is 94.1 cm³/mol. The Hall–Kier alpha value is -1.93. The molecule has 0 saturated carbocycles. The van der Waals surface area contributed by atoms with Gasteiger partial charge < -0.3 is 15.4 Å². The molecule has 0 aliphatic carbocycles. The summed E-state index contributed by atoms with van der Waals surface area (Å²) in [4.78, 5) is 23.5. The van der Waals surface area contributed by atoms with E-state index in [1.54, 1.807) is 30.3 Å². The average molecular weight is 410 g/mol. The Morgan fingerprint density at radius 2 is 1.68 bits per heavy atom. The number of hydrogen-bond donors (Lipinski definition) is 2. The van der Waals surface area contributed by atoms with Crippen LogP contribution in [0, 0.1) is 3.57 Å². The number of methoxy groups -OCH3 is 1. The van der Waals surface area contributed by atoms with Crippen LogP contribution in [0.25, 0.3) is 0 Å². The van der Waals surface area contributed by atoms with Gasteiger partial charge in [0.1, 0.15) is 6.61 Å². The second-order valence-corrected chi connectivity index (χ2v) is 5.77. The molecule has 0 fully saturated rings. The van der Waals surface area contributed by atoms with Crippen LogP contribution in [0.4, 0.5) is 11.4 Å². The highest BCUT2D eigenvalue weighted by atomic mass is 127. The van der Waals surface area contributed by atoms with Gasteiger partial charge in [-0.1, -0.05) is 6.07 Å². The normalized spacial score (nSPS) is 10.1. The topological polar surface area (TPSA) is 67.4 Å². The molecule has 22 heavy (non-hydrogen) atoms. The van der Waals surface area contributed by atoms with Crippen molar-refractivity contribution in [3.63, 3.8) is 0 Å². The summed E-state index contributed by atoms with van der Waals surface area (Å²) >= 11 is 2.16. The van der Waals surface area contributed by atoms with Crippen LogP contribution in [-0.2, 0) is 9.53 Å². The van der Waals surface area contributed by atoms with Gasteiger partial charge in [0, 0.05) is 27.6 Å². The van der Waals surface area contributed by atoms with Gasteiger partial charge in [-0.15, -0.1) is 0 Å². The minimum absolute atomic E-state index is 0.00509. The Morgan fingerprint density at radius 1 is 1.05 bits per heavy atom. The van der Waals surface area contributed by atoms with Gasteiger partial charge in [-0.3, -0.25) is 9.59 Å². The van der Waals surface area contributed by atoms with E-state index in [2.05, 4.69) is 33.2 Å². The number of rotatable bonds is 5. The number of nitrogens with one attached hydrogen (secondary N) is 2. The molecule has 2 rings (SSSR count). The third-order valence-corrected chi connectivity index (χ3v) is 3.46. The molecule has 0 aliphatic heterocycles. The van der Waals surface area contributed by atoms with E-state index in [1.807, 2.05) is 18.2 Å². The smallest absolute Gasteiger partial charge is 0.255 e. The van der Waals surface area contributed by atoms with E-state index in [-0.39, 0.29) is 18.4 Å². The van der Waals surface area contributed by atoms with Crippen molar-refractivity contribution in [1.29, 1.82) is 0 Å². The Labute approximate surface area is 142 Å². The minimum Gasteiger partial charge on any atom is -0.375 e. The lowest BCUT2D eigenvalue weighted by Gasteiger charge is -2.08. The summed E-state index contributed by atoms with van der Waals surface area (Å²) in [7, 11) is 1.46. The molecule has 2 aromatic carbocycles. The van der Waals surface area contributed by atoms with E-state index in [0.29, 0.717) is 16.9 Å². The highest BCUT2D eigenvalue weighted by Gasteiger charge is 2.07. The maximum absolute atomic E-state index is 12.1. The fourth-order valence-corrected chi connectivity index (χ4v) is 2.34. The summed E-state index contributed by atoms with van der Waals surface area (Å²) in [6.07, 6.45) is 0. The van der Waals surface area contributed by atoms with Crippen molar-refractivity contribution in [2.45, 2.75) is 0 Å². The SMILES string of the molecule is COCC(=O)Nc1ccc(NC(=O)c2cccc(I)c2)cc1. The van der Waals surface area contributed by atoms with Crippen LogP contribution in [0.15, 0.2) is 48.5 Å². The maximum atomic E-state index is 12.1. The standard InChI is InChI=1S/C16H15IN2O3/c1-22-10-15(20)18-13-5-7-14(8-6-13)19-16(21)11-3-2-4-12(17)9-11/h2-9H,10H2,1H3,(H,18,20)(H,19,21). The van der Waals surface area contributed by atoms with Crippen molar-refractivity contribution in [3.8, 4) is 0 Å². The van der Waals surface area contributed by atoms with Gasteiger partial charge >= 0.3 is 0 Å². The largest absolute Gasteiger partial charge is 0.375 e. The van der Waals surface area contributed by atoms with Crippen LogP contribution < -0.4 is 10.6 Å². The van der Waals surface area contributed by atoms with Crippen molar-refractivity contribution in [1.82, 2.24) is 0 Å². The molecule has 0 unspecified atom stereocenters. The first kappa shape index (κ1) is 16.4. The first-order valence-electron chi connectivity index (χ1n) is 6.54. The van der Waals surface area contributed by atoms with E-state index < -0.39 is 0 Å². The lowest BCUT2D eigenvalue weighted by molar-refractivity contribution is -0.119. The van der Waals surface area contributed by atoms with Crippen LogP contribution >= 0.6 is 22.6 Å². The van der Waals surface area contributed by atoms with Crippen LogP contribution in [0.5, 0.6) is 0 Å². The van der Waals surface area contributed by atoms with E-state index in [0.717, 1.165) is 3.57 Å². The van der Waals surface area contributed by atoms with Gasteiger partial charge in [0.2, 0.25) is 5.91 Å². The molecule has 0 radical (unpaired) electrons. The second kappa shape index (κ2) is 7.90. The molecule has 0 spiro atoms. The van der Waals surface area contributed by atoms with Gasteiger partial charge in [0.25, 0.3) is 5.91 Å². The zero-order valence-electron chi connectivity index (χ0n) is 11.9. The van der Waals surface area contributed by atoms with E-state index in [9.17, 15) is 9.59 Å². The molecule has 5 nitrogen and oxygen atoms in total. The van der Waals surface area contributed by atoms with Crippen molar-refractivity contribution < 1.29 is 14.3 Å². The quantitative estimate of drug-likeness (QED) is 0.745. The molecule has 0 aliphatic rings. The molecular formula is C16H15IN2O3. The number of anilines is 2. The molecule has 0 bridgehead atoms. The number of benzene rings is 2. The highest BCUT2D eigenvalue weighted by Crippen LogP contribution is 2.15. The Kier molecular flexibility index (Phi) is 5.91. The van der Waals surface area contributed by atoms with Gasteiger partial charge in [-0.25, -0.2) is 0 Å². The Bertz CT molecular complexity index is 671. The molecule has 0 atom stereocenters. The molecule has 2 aromatic rings. The maximum Gasteiger partial charge on any atom is 0.255 e. The zero-order valence-corrected chi connectivity index (χ0v) is 14.1. The fraction of sp³-hybridized carbons (Fsp3) is 0.125. The minimum atomic E-state index is -0.224. The highest BCUT2D eigenvalue weighted by molar-refractivity contribution is 14.1. The van der Waals surface area contributed by atoms with Gasteiger partial charge in [-0.2, -0.15) is 0 Å². The summed E-state index contributed by atoms with van der Waals surface area (Å²) in [5.74, 6) is -0.396. The van der Waals surface area contributed by atoms with Crippen LogP contribution in [0.1, 0.15) is 10.4 Å². The van der Waals surface area contributed by atoms with E-state index >= 15 is 0 Å². The third-order valence-electron chi connectivity index (χ3n) is 2.79. The zero-order chi connectivity index (χ0) is 15.9. The fourth-order valence-electron chi connectivity index (χ4n) is 1.80. The second-order valence-electron chi connectivity index (χ2n) is 4.52. The van der Waals surface area contributed by atoms with E-state index in [4.69, 9.17) is 4.74 Å². The van der Waals surface area contributed by atoms with Crippen molar-refractivity contribution in [2.75, 3.05) is 24.4 Å².